The maximum Gasteiger partial charge on any atom is 0.260 e. The maximum absolute atomic E-state index is 12.9. The van der Waals surface area contributed by atoms with E-state index in [0.29, 0.717) is 11.7 Å². The topological polar surface area (TPSA) is 49.8 Å². The normalized spacial score (nSPS) is 15.1. The summed E-state index contributed by atoms with van der Waals surface area (Å²) >= 11 is 0. The smallest absolute Gasteiger partial charge is 0.260 e. The minimum absolute atomic E-state index is 0.0150. The summed E-state index contributed by atoms with van der Waals surface area (Å²) < 4.78 is 18.3. The van der Waals surface area contributed by atoms with Gasteiger partial charge in [0.05, 0.1) is 6.61 Å². The van der Waals surface area contributed by atoms with E-state index in [1.54, 1.807) is 0 Å². The fraction of sp³-hybridized carbons (Fsp3) is 0.381. The van der Waals surface area contributed by atoms with Gasteiger partial charge in [0, 0.05) is 13.1 Å². The number of aliphatic hydroxyl groups is 1. The molecule has 5 heteroatoms. The summed E-state index contributed by atoms with van der Waals surface area (Å²) in [4.78, 5) is 14.1. The number of hydrogen-bond donors (Lipinski definition) is 1. The van der Waals surface area contributed by atoms with Crippen LogP contribution in [0.25, 0.3) is 0 Å². The molecule has 0 aliphatic carbocycles. The number of nitrogens with zero attached hydrogens (tertiary/aromatic N) is 1. The van der Waals surface area contributed by atoms with Crippen LogP contribution in [0.2, 0.25) is 0 Å². The van der Waals surface area contributed by atoms with Crippen molar-refractivity contribution in [3.8, 4) is 5.75 Å². The summed E-state index contributed by atoms with van der Waals surface area (Å²) in [5, 5.41) is 9.10. The Kier molecular flexibility index (Phi) is 6.23. The molecule has 1 N–H and O–H groups in total. The van der Waals surface area contributed by atoms with E-state index in [1.165, 1.54) is 29.8 Å². The molecule has 1 aliphatic rings. The Labute approximate surface area is 153 Å². The van der Waals surface area contributed by atoms with Crippen molar-refractivity contribution < 1.29 is 19.0 Å². The highest BCUT2D eigenvalue weighted by molar-refractivity contribution is 5.77. The molecule has 1 saturated heterocycles. The SMILES string of the molecule is O=C(COc1ccc(F)cc1)N1CCC(Cc2ccc(CO)cc2)CC1. The zero-order valence-corrected chi connectivity index (χ0v) is 14.7. The third kappa shape index (κ3) is 5.05. The van der Waals surface area contributed by atoms with Crippen molar-refractivity contribution in [1.29, 1.82) is 0 Å². The molecule has 0 radical (unpaired) electrons. The predicted molar refractivity (Wildman–Crippen MR) is 97.3 cm³/mol. The Morgan fingerprint density at radius 1 is 1.04 bits per heavy atom. The molecular formula is C21H24FNO3. The highest BCUT2D eigenvalue weighted by Crippen LogP contribution is 2.22. The number of aliphatic hydroxyl groups excluding tert-OH is 1. The molecule has 138 valence electrons. The number of carbonyl (C=O) groups excluding carboxylic acids is 1. The van der Waals surface area contributed by atoms with Crippen LogP contribution in [0.4, 0.5) is 4.39 Å². The molecule has 0 spiro atoms. The van der Waals surface area contributed by atoms with Crippen LogP contribution in [0.1, 0.15) is 24.0 Å². The zero-order chi connectivity index (χ0) is 18.4. The lowest BCUT2D eigenvalue weighted by atomic mass is 9.90. The van der Waals surface area contributed by atoms with Crippen LogP contribution in [-0.4, -0.2) is 35.6 Å². The minimum Gasteiger partial charge on any atom is -0.484 e. The average Bonchev–Trinajstić information content (AvgIpc) is 2.68. The van der Waals surface area contributed by atoms with Crippen molar-refractivity contribution in [2.45, 2.75) is 25.9 Å². The summed E-state index contributed by atoms with van der Waals surface area (Å²) in [6.45, 7) is 1.54. The molecule has 3 rings (SSSR count). The Balaban J connectivity index is 1.42. The van der Waals surface area contributed by atoms with Crippen molar-refractivity contribution in [2.75, 3.05) is 19.7 Å². The van der Waals surface area contributed by atoms with E-state index in [4.69, 9.17) is 9.84 Å². The predicted octanol–water partition coefficient (Wildman–Crippen LogP) is 3.18. The van der Waals surface area contributed by atoms with Gasteiger partial charge in [0.2, 0.25) is 0 Å². The van der Waals surface area contributed by atoms with Crippen molar-refractivity contribution in [1.82, 2.24) is 4.90 Å². The molecule has 4 nitrogen and oxygen atoms in total. The Morgan fingerprint density at radius 3 is 2.27 bits per heavy atom. The molecule has 0 aromatic heterocycles. The van der Waals surface area contributed by atoms with E-state index in [-0.39, 0.29) is 24.9 Å². The van der Waals surface area contributed by atoms with Crippen LogP contribution in [0.5, 0.6) is 5.75 Å². The third-order valence-corrected chi connectivity index (χ3v) is 4.87. The number of likely N-dealkylation sites (tertiary alicyclic amines) is 1. The third-order valence-electron chi connectivity index (χ3n) is 4.87. The Hall–Kier alpha value is -2.40. The second kappa shape index (κ2) is 8.81. The number of ether oxygens (including phenoxy) is 1. The first-order chi connectivity index (χ1) is 12.6. The van der Waals surface area contributed by atoms with E-state index < -0.39 is 0 Å². The molecule has 0 bridgehead atoms. The first-order valence-electron chi connectivity index (χ1n) is 8.99. The maximum atomic E-state index is 12.9. The molecule has 2 aromatic carbocycles. The standard InChI is InChI=1S/C21H24FNO3/c22-19-5-7-20(8-6-19)26-15-21(25)23-11-9-17(10-12-23)13-16-1-3-18(14-24)4-2-16/h1-8,17,24H,9-15H2. The second-order valence-corrected chi connectivity index (χ2v) is 6.75. The summed E-state index contributed by atoms with van der Waals surface area (Å²) in [6, 6.07) is 13.7. The average molecular weight is 357 g/mol. The van der Waals surface area contributed by atoms with Gasteiger partial charge in [-0.1, -0.05) is 24.3 Å². The van der Waals surface area contributed by atoms with E-state index in [2.05, 4.69) is 12.1 Å². The number of carbonyl (C=O) groups is 1. The zero-order valence-electron chi connectivity index (χ0n) is 14.7. The summed E-state index contributed by atoms with van der Waals surface area (Å²) in [6.07, 6.45) is 2.95. The molecule has 26 heavy (non-hydrogen) atoms. The molecule has 1 aliphatic heterocycles. The van der Waals surface area contributed by atoms with Crippen molar-refractivity contribution in [3.63, 3.8) is 0 Å². The van der Waals surface area contributed by atoms with Crippen LogP contribution in [-0.2, 0) is 17.8 Å². The fourth-order valence-electron chi connectivity index (χ4n) is 3.27. The number of benzene rings is 2. The minimum atomic E-state index is -0.322. The monoisotopic (exact) mass is 357 g/mol. The molecule has 0 saturated carbocycles. The molecule has 0 atom stereocenters. The van der Waals surface area contributed by atoms with Crippen LogP contribution >= 0.6 is 0 Å². The lowest BCUT2D eigenvalue weighted by Crippen LogP contribution is -2.41. The van der Waals surface area contributed by atoms with Crippen LogP contribution in [0.3, 0.4) is 0 Å². The van der Waals surface area contributed by atoms with Gasteiger partial charge in [0.25, 0.3) is 5.91 Å². The Bertz CT molecular complexity index is 707. The van der Waals surface area contributed by atoms with E-state index in [0.717, 1.165) is 37.9 Å². The van der Waals surface area contributed by atoms with Gasteiger partial charge in [-0.05, 0) is 60.6 Å². The highest BCUT2D eigenvalue weighted by Gasteiger charge is 2.23. The molecule has 0 unspecified atom stereocenters. The number of piperidine rings is 1. The Morgan fingerprint density at radius 2 is 1.65 bits per heavy atom. The van der Waals surface area contributed by atoms with Gasteiger partial charge in [-0.15, -0.1) is 0 Å². The number of amides is 1. The highest BCUT2D eigenvalue weighted by atomic mass is 19.1. The molecule has 1 fully saturated rings. The lowest BCUT2D eigenvalue weighted by molar-refractivity contribution is -0.134. The fourth-order valence-corrected chi connectivity index (χ4v) is 3.27. The van der Waals surface area contributed by atoms with Crippen molar-refractivity contribution >= 4 is 5.91 Å². The first-order valence-corrected chi connectivity index (χ1v) is 8.99. The largest absolute Gasteiger partial charge is 0.484 e. The number of halogens is 1. The summed E-state index contributed by atoms with van der Waals surface area (Å²) in [5.41, 5.74) is 2.20. The van der Waals surface area contributed by atoms with Gasteiger partial charge in [0.1, 0.15) is 11.6 Å². The van der Waals surface area contributed by atoms with E-state index >= 15 is 0 Å². The summed E-state index contributed by atoms with van der Waals surface area (Å²) in [7, 11) is 0. The molecule has 1 heterocycles. The van der Waals surface area contributed by atoms with Crippen molar-refractivity contribution in [3.05, 3.63) is 65.5 Å². The van der Waals surface area contributed by atoms with Crippen molar-refractivity contribution in [2.24, 2.45) is 5.92 Å². The van der Waals surface area contributed by atoms with Gasteiger partial charge in [-0.3, -0.25) is 4.79 Å². The molecular weight excluding hydrogens is 333 g/mol. The van der Waals surface area contributed by atoms with Crippen LogP contribution in [0.15, 0.2) is 48.5 Å². The second-order valence-electron chi connectivity index (χ2n) is 6.75. The van der Waals surface area contributed by atoms with Crippen LogP contribution < -0.4 is 4.74 Å². The lowest BCUT2D eigenvalue weighted by Gasteiger charge is -2.32. The summed E-state index contributed by atoms with van der Waals surface area (Å²) in [5.74, 6) is 0.717. The van der Waals surface area contributed by atoms with Gasteiger partial charge in [0.15, 0.2) is 6.61 Å². The van der Waals surface area contributed by atoms with Gasteiger partial charge in [-0.25, -0.2) is 4.39 Å². The number of rotatable bonds is 6. The van der Waals surface area contributed by atoms with E-state index in [9.17, 15) is 9.18 Å². The molecule has 1 amide bonds. The first kappa shape index (κ1) is 18.4. The van der Waals surface area contributed by atoms with E-state index in [1.807, 2.05) is 17.0 Å². The van der Waals surface area contributed by atoms with Gasteiger partial charge < -0.3 is 14.7 Å². The number of hydrogen-bond acceptors (Lipinski definition) is 3. The van der Waals surface area contributed by atoms with Gasteiger partial charge in [-0.2, -0.15) is 0 Å². The molecule has 2 aromatic rings. The van der Waals surface area contributed by atoms with Crippen LogP contribution in [0, 0.1) is 11.7 Å². The van der Waals surface area contributed by atoms with Gasteiger partial charge >= 0.3 is 0 Å². The quantitative estimate of drug-likeness (QED) is 0.864.